The third-order valence-electron chi connectivity index (χ3n) is 7.67. The number of anilines is 2. The summed E-state index contributed by atoms with van der Waals surface area (Å²) in [5.41, 5.74) is -1.51. The Morgan fingerprint density at radius 3 is 1.98 bits per heavy atom. The van der Waals surface area contributed by atoms with Gasteiger partial charge in [-0.15, -0.1) is 0 Å². The van der Waals surface area contributed by atoms with E-state index in [1.165, 1.54) is 31.1 Å². The summed E-state index contributed by atoms with van der Waals surface area (Å²) in [4.78, 5) is 59.1. The number of ether oxygens (including phenoxy) is 3. The molecule has 1 atom stereocenters. The minimum Gasteiger partial charge on any atom is -0.507 e. The molecule has 2 amide bonds. The fraction of sp³-hybridized carbons (Fsp3) is 0.235. The Morgan fingerprint density at radius 2 is 1.41 bits per heavy atom. The van der Waals surface area contributed by atoms with Crippen LogP contribution in [-0.2, 0) is 23.9 Å². The molecule has 1 fully saturated rings. The third kappa shape index (κ3) is 4.59. The Morgan fingerprint density at radius 1 is 0.818 bits per heavy atom. The Bertz CT molecular complexity index is 1710. The van der Waals surface area contributed by atoms with Crippen molar-refractivity contribution < 1.29 is 38.5 Å². The topological polar surface area (TPSA) is 123 Å². The number of aliphatic hydroxyl groups is 1. The first kappa shape index (κ1) is 30.1. The molecular weight excluding hydrogens is 564 g/mol. The molecule has 0 aromatic heterocycles. The summed E-state index contributed by atoms with van der Waals surface area (Å²) in [6, 6.07) is 19.3. The molecule has 0 saturated carbocycles. The molecule has 226 valence electrons. The van der Waals surface area contributed by atoms with Crippen LogP contribution in [0.2, 0.25) is 0 Å². The van der Waals surface area contributed by atoms with Gasteiger partial charge in [-0.25, -0.2) is 4.79 Å². The summed E-state index contributed by atoms with van der Waals surface area (Å²) < 4.78 is 16.2. The number of carbonyl (C=O) groups excluding carboxylic acids is 4. The number of hydrogen-bond donors (Lipinski definition) is 1. The molecule has 0 radical (unpaired) electrons. The Hall–Kier alpha value is -5.38. The number of amides is 2. The molecular formula is C34H32N2O8. The van der Waals surface area contributed by atoms with E-state index in [9.17, 15) is 24.3 Å². The lowest BCUT2D eigenvalue weighted by molar-refractivity contribution is -0.140. The van der Waals surface area contributed by atoms with Gasteiger partial charge in [0, 0.05) is 22.6 Å². The molecule has 2 heterocycles. The van der Waals surface area contributed by atoms with Crippen LogP contribution in [0, 0.1) is 6.92 Å². The zero-order chi connectivity index (χ0) is 31.8. The summed E-state index contributed by atoms with van der Waals surface area (Å²) in [6.45, 7) is 7.19. The number of ketones is 1. The van der Waals surface area contributed by atoms with Crippen molar-refractivity contribution in [2.75, 3.05) is 30.1 Å². The fourth-order valence-corrected chi connectivity index (χ4v) is 5.72. The molecule has 2 aliphatic rings. The van der Waals surface area contributed by atoms with Crippen molar-refractivity contribution in [1.29, 1.82) is 0 Å². The van der Waals surface area contributed by atoms with Crippen molar-refractivity contribution in [3.8, 4) is 11.5 Å². The number of aliphatic hydroxyl groups excluding tert-OH is 1. The van der Waals surface area contributed by atoms with E-state index in [1.54, 1.807) is 67.6 Å². The maximum atomic E-state index is 15.0. The largest absolute Gasteiger partial charge is 0.507 e. The summed E-state index contributed by atoms with van der Waals surface area (Å²) in [5.74, 6) is -3.51. The second-order valence-corrected chi connectivity index (χ2v) is 10.2. The fourth-order valence-electron chi connectivity index (χ4n) is 5.72. The Kier molecular flexibility index (Phi) is 8.01. The van der Waals surface area contributed by atoms with Crippen LogP contribution in [0.1, 0.15) is 31.9 Å². The molecule has 5 rings (SSSR count). The molecule has 3 aromatic carbocycles. The molecule has 10 heteroatoms. The van der Waals surface area contributed by atoms with E-state index in [1.807, 2.05) is 13.8 Å². The lowest BCUT2D eigenvalue weighted by atomic mass is 9.80. The Labute approximate surface area is 254 Å². The summed E-state index contributed by atoms with van der Waals surface area (Å²) in [7, 11) is 1.50. The molecule has 1 unspecified atom stereocenters. The number of nitrogens with zero attached hydrogens (tertiary/aromatic N) is 2. The lowest BCUT2D eigenvalue weighted by Crippen LogP contribution is -2.57. The third-order valence-corrected chi connectivity index (χ3v) is 7.67. The van der Waals surface area contributed by atoms with Crippen molar-refractivity contribution in [3.05, 3.63) is 101 Å². The predicted octanol–water partition coefficient (Wildman–Crippen LogP) is 4.91. The molecule has 0 bridgehead atoms. The summed E-state index contributed by atoms with van der Waals surface area (Å²) in [5, 5.41) is 11.8. The zero-order valence-corrected chi connectivity index (χ0v) is 25.0. The molecule has 1 N–H and O–H groups in total. The first-order valence-corrected chi connectivity index (χ1v) is 14.1. The van der Waals surface area contributed by atoms with Crippen LogP contribution in [0.15, 0.2) is 89.6 Å². The van der Waals surface area contributed by atoms with E-state index in [-0.39, 0.29) is 29.1 Å². The normalized spacial score (nSPS) is 19.2. The first-order chi connectivity index (χ1) is 21.1. The van der Waals surface area contributed by atoms with Gasteiger partial charge in [0.05, 0.1) is 31.5 Å². The highest BCUT2D eigenvalue weighted by Gasteiger charge is 2.70. The van der Waals surface area contributed by atoms with Crippen LogP contribution in [0.25, 0.3) is 5.76 Å². The highest BCUT2D eigenvalue weighted by Crippen LogP contribution is 2.52. The highest BCUT2D eigenvalue weighted by atomic mass is 16.5. The monoisotopic (exact) mass is 596 g/mol. The molecule has 1 spiro atoms. The van der Waals surface area contributed by atoms with Gasteiger partial charge in [-0.3, -0.25) is 24.2 Å². The van der Waals surface area contributed by atoms with Crippen LogP contribution in [0.5, 0.6) is 11.5 Å². The SMILES string of the molecule is CCOC(=O)C1=C(C)N(c2ccc(OC)cc2)C(=O)C12/C(=C(\O)c1ccc(OCC)cc1)C(=O)C(=O)N2c1ccc(C)cc1. The number of methoxy groups -OCH3 is 1. The number of allylic oxidation sites excluding steroid dienone is 1. The molecule has 0 aliphatic carbocycles. The predicted molar refractivity (Wildman–Crippen MR) is 163 cm³/mol. The average Bonchev–Trinajstić information content (AvgIpc) is 3.38. The highest BCUT2D eigenvalue weighted by molar-refractivity contribution is 6.56. The van der Waals surface area contributed by atoms with E-state index >= 15 is 0 Å². The van der Waals surface area contributed by atoms with Crippen LogP contribution < -0.4 is 19.3 Å². The van der Waals surface area contributed by atoms with E-state index in [4.69, 9.17) is 14.2 Å². The standard InChI is InChI=1S/C34H32N2O8/c1-6-43-26-16-10-22(11-17-26)29(37)28-30(38)31(39)36(24-12-8-20(3)9-13-24)34(28)27(32(40)44-7-2)21(4)35(33(34)41)23-14-18-25(42-5)19-15-23/h8-19,37H,6-7H2,1-5H3/b29-28-. The molecule has 2 aliphatic heterocycles. The quantitative estimate of drug-likeness (QED) is 0.169. The average molecular weight is 597 g/mol. The van der Waals surface area contributed by atoms with Crippen molar-refractivity contribution >= 4 is 40.7 Å². The van der Waals surface area contributed by atoms with Crippen molar-refractivity contribution in [2.45, 2.75) is 33.2 Å². The van der Waals surface area contributed by atoms with E-state index in [0.717, 1.165) is 10.5 Å². The smallest absolute Gasteiger partial charge is 0.339 e. The van der Waals surface area contributed by atoms with E-state index in [0.29, 0.717) is 23.8 Å². The molecule has 10 nitrogen and oxygen atoms in total. The van der Waals surface area contributed by atoms with Gasteiger partial charge >= 0.3 is 11.9 Å². The maximum Gasteiger partial charge on any atom is 0.339 e. The maximum absolute atomic E-state index is 15.0. The number of esters is 1. The van der Waals surface area contributed by atoms with Gasteiger partial charge in [-0.05, 0) is 88.4 Å². The second-order valence-electron chi connectivity index (χ2n) is 10.2. The lowest BCUT2D eigenvalue weighted by Gasteiger charge is -2.35. The van der Waals surface area contributed by atoms with Gasteiger partial charge in [-0.1, -0.05) is 17.7 Å². The number of benzene rings is 3. The Balaban J connectivity index is 1.86. The van der Waals surface area contributed by atoms with Gasteiger partial charge in [0.2, 0.25) is 0 Å². The second kappa shape index (κ2) is 11.7. The zero-order valence-electron chi connectivity index (χ0n) is 25.0. The number of rotatable bonds is 8. The molecule has 3 aromatic rings. The number of carbonyl (C=O) groups is 4. The van der Waals surface area contributed by atoms with E-state index < -0.39 is 40.4 Å². The van der Waals surface area contributed by atoms with Crippen LogP contribution in [-0.4, -0.2) is 54.5 Å². The minimum absolute atomic E-state index is 0.0429. The summed E-state index contributed by atoms with van der Waals surface area (Å²) in [6.07, 6.45) is 0. The van der Waals surface area contributed by atoms with Crippen molar-refractivity contribution in [3.63, 3.8) is 0 Å². The van der Waals surface area contributed by atoms with Crippen LogP contribution in [0.3, 0.4) is 0 Å². The van der Waals surface area contributed by atoms with Crippen molar-refractivity contribution in [1.82, 2.24) is 0 Å². The van der Waals surface area contributed by atoms with Gasteiger partial charge in [0.1, 0.15) is 17.3 Å². The van der Waals surface area contributed by atoms with E-state index in [2.05, 4.69) is 0 Å². The summed E-state index contributed by atoms with van der Waals surface area (Å²) >= 11 is 0. The number of Topliss-reactive ketones (excluding diaryl/α,β-unsaturated/α-hetero) is 1. The number of hydrogen-bond acceptors (Lipinski definition) is 8. The van der Waals surface area contributed by atoms with Gasteiger partial charge in [0.25, 0.3) is 11.7 Å². The first-order valence-electron chi connectivity index (χ1n) is 14.1. The van der Waals surface area contributed by atoms with Crippen LogP contribution >= 0.6 is 0 Å². The molecule has 44 heavy (non-hydrogen) atoms. The van der Waals surface area contributed by atoms with Crippen molar-refractivity contribution in [2.24, 2.45) is 0 Å². The van der Waals surface area contributed by atoms with Gasteiger partial charge < -0.3 is 19.3 Å². The van der Waals surface area contributed by atoms with Gasteiger partial charge in [0.15, 0.2) is 5.54 Å². The minimum atomic E-state index is -2.39. The molecule has 1 saturated heterocycles. The van der Waals surface area contributed by atoms with Crippen LogP contribution in [0.4, 0.5) is 11.4 Å². The number of aryl methyl sites for hydroxylation is 1. The van der Waals surface area contributed by atoms with Gasteiger partial charge in [-0.2, -0.15) is 0 Å².